The molecule has 4 nitrogen and oxygen atoms in total. The van der Waals surface area contributed by atoms with Gasteiger partial charge in [0, 0.05) is 30.0 Å². The van der Waals surface area contributed by atoms with Crippen LogP contribution in [-0.2, 0) is 23.1 Å². The first-order chi connectivity index (χ1) is 9.86. The van der Waals surface area contributed by atoms with Crippen LogP contribution in [0, 0.1) is 0 Å². The molecule has 0 saturated carbocycles. The van der Waals surface area contributed by atoms with E-state index in [1.165, 1.54) is 34.8 Å². The van der Waals surface area contributed by atoms with E-state index in [1.807, 2.05) is 17.5 Å². The third-order valence-corrected chi connectivity index (χ3v) is 6.45. The Kier molecular flexibility index (Phi) is 5.29. The summed E-state index contributed by atoms with van der Waals surface area (Å²) in [7, 11) is -2.19. The molecule has 21 heavy (non-hydrogen) atoms. The molecule has 0 spiro atoms. The Bertz CT molecular complexity index is 731. The Balaban J connectivity index is 2.39. The van der Waals surface area contributed by atoms with Gasteiger partial charge in [-0.15, -0.1) is 11.3 Å². The highest BCUT2D eigenvalue weighted by Crippen LogP contribution is 2.30. The molecule has 1 aromatic carbocycles. The van der Waals surface area contributed by atoms with Gasteiger partial charge in [-0.25, -0.2) is 8.42 Å². The van der Waals surface area contributed by atoms with E-state index in [4.69, 9.17) is 28.9 Å². The lowest BCUT2D eigenvalue weighted by molar-refractivity contribution is 0.469. The quantitative estimate of drug-likeness (QED) is 0.884. The Morgan fingerprint density at radius 1 is 1.29 bits per heavy atom. The number of halogens is 2. The lowest BCUT2D eigenvalue weighted by Gasteiger charge is -2.18. The molecule has 0 aliphatic rings. The predicted octanol–water partition coefficient (Wildman–Crippen LogP) is 3.33. The van der Waals surface area contributed by atoms with Crippen LogP contribution in [0.1, 0.15) is 10.4 Å². The maximum atomic E-state index is 12.6. The van der Waals surface area contributed by atoms with Crippen molar-refractivity contribution in [2.75, 3.05) is 7.05 Å². The minimum Gasteiger partial charge on any atom is -0.326 e. The van der Waals surface area contributed by atoms with Gasteiger partial charge in [0.15, 0.2) is 0 Å². The number of rotatable bonds is 5. The summed E-state index contributed by atoms with van der Waals surface area (Å²) in [4.78, 5) is 0.971. The van der Waals surface area contributed by atoms with Gasteiger partial charge in [0.1, 0.15) is 4.90 Å². The molecule has 0 amide bonds. The molecule has 0 aliphatic heterocycles. The van der Waals surface area contributed by atoms with Crippen LogP contribution in [-0.4, -0.2) is 19.8 Å². The topological polar surface area (TPSA) is 63.4 Å². The van der Waals surface area contributed by atoms with Crippen molar-refractivity contribution in [1.82, 2.24) is 4.31 Å². The van der Waals surface area contributed by atoms with Gasteiger partial charge in [0.25, 0.3) is 0 Å². The molecule has 114 valence electrons. The first-order valence-electron chi connectivity index (χ1n) is 6.03. The molecule has 0 aliphatic carbocycles. The van der Waals surface area contributed by atoms with Gasteiger partial charge in [-0.1, -0.05) is 29.3 Å². The largest absolute Gasteiger partial charge is 0.326 e. The van der Waals surface area contributed by atoms with Crippen molar-refractivity contribution >= 4 is 44.6 Å². The van der Waals surface area contributed by atoms with Crippen molar-refractivity contribution in [3.05, 3.63) is 50.1 Å². The zero-order valence-corrected chi connectivity index (χ0v) is 14.4. The molecule has 0 bridgehead atoms. The maximum Gasteiger partial charge on any atom is 0.244 e. The Morgan fingerprint density at radius 3 is 2.57 bits per heavy atom. The second-order valence-corrected chi connectivity index (χ2v) is 8.28. The second kappa shape index (κ2) is 6.64. The minimum atomic E-state index is -3.70. The molecule has 0 fully saturated rings. The maximum absolute atomic E-state index is 12.6. The highest BCUT2D eigenvalue weighted by molar-refractivity contribution is 7.89. The number of nitrogens with two attached hydrogens (primary N) is 1. The molecule has 0 atom stereocenters. The van der Waals surface area contributed by atoms with Crippen molar-refractivity contribution in [1.29, 1.82) is 0 Å². The normalized spacial score (nSPS) is 12.0. The molecule has 1 aromatic heterocycles. The monoisotopic (exact) mass is 364 g/mol. The van der Waals surface area contributed by atoms with Crippen LogP contribution in [0.5, 0.6) is 0 Å². The molecular formula is C13H14Cl2N2O2S2. The molecular weight excluding hydrogens is 351 g/mol. The average Bonchev–Trinajstić information content (AvgIpc) is 2.91. The smallest absolute Gasteiger partial charge is 0.244 e. The number of thiophene rings is 1. The van der Waals surface area contributed by atoms with Crippen LogP contribution < -0.4 is 5.73 Å². The minimum absolute atomic E-state index is 0.0214. The summed E-state index contributed by atoms with van der Waals surface area (Å²) < 4.78 is 26.5. The third-order valence-electron chi connectivity index (χ3n) is 2.97. The van der Waals surface area contributed by atoms with Gasteiger partial charge in [-0.2, -0.15) is 4.31 Å². The van der Waals surface area contributed by atoms with Crippen molar-refractivity contribution in [2.45, 2.75) is 18.0 Å². The van der Waals surface area contributed by atoms with Crippen LogP contribution in [0.4, 0.5) is 0 Å². The van der Waals surface area contributed by atoms with E-state index in [0.717, 1.165) is 4.88 Å². The summed E-state index contributed by atoms with van der Waals surface area (Å²) in [6, 6.07) is 6.61. The van der Waals surface area contributed by atoms with E-state index in [0.29, 0.717) is 10.6 Å². The number of nitrogens with zero attached hydrogens (tertiary/aromatic N) is 1. The van der Waals surface area contributed by atoms with E-state index < -0.39 is 10.0 Å². The SMILES string of the molecule is CN(Cc1cccs1)S(=O)(=O)c1cc(CN)c(Cl)cc1Cl. The number of hydrogen-bond donors (Lipinski definition) is 1. The summed E-state index contributed by atoms with van der Waals surface area (Å²) >= 11 is 13.5. The first-order valence-corrected chi connectivity index (χ1v) is 9.10. The van der Waals surface area contributed by atoms with Crippen LogP contribution in [0.3, 0.4) is 0 Å². The summed E-state index contributed by atoms with van der Waals surface area (Å²) in [5.74, 6) is 0. The van der Waals surface area contributed by atoms with E-state index in [1.54, 1.807) is 0 Å². The molecule has 0 saturated heterocycles. The van der Waals surface area contributed by atoms with E-state index >= 15 is 0 Å². The van der Waals surface area contributed by atoms with Gasteiger partial charge in [0.2, 0.25) is 10.0 Å². The van der Waals surface area contributed by atoms with Crippen molar-refractivity contribution in [3.63, 3.8) is 0 Å². The van der Waals surface area contributed by atoms with Crippen molar-refractivity contribution in [2.24, 2.45) is 5.73 Å². The first kappa shape index (κ1) is 16.7. The molecule has 2 rings (SSSR count). The van der Waals surface area contributed by atoms with Gasteiger partial charge in [0.05, 0.1) is 5.02 Å². The summed E-state index contributed by atoms with van der Waals surface area (Å²) in [5.41, 5.74) is 6.11. The summed E-state index contributed by atoms with van der Waals surface area (Å²) in [6.07, 6.45) is 0. The molecule has 0 unspecified atom stereocenters. The molecule has 2 aromatic rings. The van der Waals surface area contributed by atoms with E-state index in [-0.39, 0.29) is 23.0 Å². The highest BCUT2D eigenvalue weighted by atomic mass is 35.5. The fourth-order valence-electron chi connectivity index (χ4n) is 1.80. The van der Waals surface area contributed by atoms with Gasteiger partial charge >= 0.3 is 0 Å². The Hall–Kier alpha value is -0.630. The average molecular weight is 365 g/mol. The van der Waals surface area contributed by atoms with Gasteiger partial charge in [-0.3, -0.25) is 0 Å². The Labute approximate surface area is 138 Å². The Morgan fingerprint density at radius 2 is 2.00 bits per heavy atom. The molecule has 0 radical (unpaired) electrons. The summed E-state index contributed by atoms with van der Waals surface area (Å²) in [6.45, 7) is 0.435. The number of benzene rings is 1. The fourth-order valence-corrected chi connectivity index (χ4v) is 4.63. The lowest BCUT2D eigenvalue weighted by atomic mass is 10.2. The third kappa shape index (κ3) is 3.59. The lowest BCUT2D eigenvalue weighted by Crippen LogP contribution is -2.26. The molecule has 2 N–H and O–H groups in total. The van der Waals surface area contributed by atoms with Gasteiger partial charge < -0.3 is 5.73 Å². The zero-order valence-electron chi connectivity index (χ0n) is 11.2. The van der Waals surface area contributed by atoms with Crippen molar-refractivity contribution in [3.8, 4) is 0 Å². The second-order valence-electron chi connectivity index (χ2n) is 4.42. The van der Waals surface area contributed by atoms with Crippen LogP contribution in [0.2, 0.25) is 10.0 Å². The van der Waals surface area contributed by atoms with Crippen LogP contribution in [0.25, 0.3) is 0 Å². The number of hydrogen-bond acceptors (Lipinski definition) is 4. The van der Waals surface area contributed by atoms with Crippen LogP contribution in [0.15, 0.2) is 34.5 Å². The molecule has 8 heteroatoms. The van der Waals surface area contributed by atoms with Crippen molar-refractivity contribution < 1.29 is 8.42 Å². The zero-order chi connectivity index (χ0) is 15.6. The molecule has 1 heterocycles. The fraction of sp³-hybridized carbons (Fsp3) is 0.231. The standard InChI is InChI=1S/C13H14Cl2N2O2S2/c1-17(8-10-3-2-4-20-10)21(18,19)13-5-9(7-16)11(14)6-12(13)15/h2-6H,7-8,16H2,1H3. The van der Waals surface area contributed by atoms with Gasteiger partial charge in [-0.05, 0) is 29.1 Å². The van der Waals surface area contributed by atoms with E-state index in [2.05, 4.69) is 0 Å². The highest BCUT2D eigenvalue weighted by Gasteiger charge is 2.25. The van der Waals surface area contributed by atoms with E-state index in [9.17, 15) is 8.42 Å². The van der Waals surface area contributed by atoms with Crippen LogP contribution >= 0.6 is 34.5 Å². The summed E-state index contributed by atoms with van der Waals surface area (Å²) in [5, 5.41) is 2.36. The number of sulfonamides is 1. The predicted molar refractivity (Wildman–Crippen MR) is 87.3 cm³/mol.